The topological polar surface area (TPSA) is 33.3 Å². The summed E-state index contributed by atoms with van der Waals surface area (Å²) in [5.41, 5.74) is 3.97. The summed E-state index contributed by atoms with van der Waals surface area (Å²) >= 11 is 0. The van der Waals surface area contributed by atoms with E-state index >= 15 is 0 Å². The average Bonchev–Trinajstić information content (AvgIpc) is 2.34. The second-order valence-electron chi connectivity index (χ2n) is 6.81. The van der Waals surface area contributed by atoms with Crippen molar-refractivity contribution in [3.05, 3.63) is 47.3 Å². The zero-order valence-electron chi connectivity index (χ0n) is 14.3. The number of nitrogens with one attached hydrogen (secondary N) is 2. The van der Waals surface area contributed by atoms with Crippen LogP contribution in [0.3, 0.4) is 0 Å². The molecule has 0 saturated heterocycles. The van der Waals surface area contributed by atoms with Gasteiger partial charge in [-0.2, -0.15) is 0 Å². The van der Waals surface area contributed by atoms with Gasteiger partial charge in [0.05, 0.1) is 12.4 Å². The number of hydrogen-bond donors (Lipinski definition) is 2. The van der Waals surface area contributed by atoms with E-state index in [0.717, 1.165) is 12.4 Å². The summed E-state index contributed by atoms with van der Waals surface area (Å²) in [6.45, 7) is 16.3. The lowest BCUT2D eigenvalue weighted by atomic mass is 9.83. The molecule has 0 fully saturated rings. The van der Waals surface area contributed by atoms with E-state index in [4.69, 9.17) is 4.74 Å². The van der Waals surface area contributed by atoms with Crippen molar-refractivity contribution < 1.29 is 4.74 Å². The Morgan fingerprint density at radius 1 is 1.29 bits per heavy atom. The second kappa shape index (κ2) is 7.51. The molecule has 0 radical (unpaired) electrons. The van der Waals surface area contributed by atoms with Gasteiger partial charge in [-0.05, 0) is 36.0 Å². The quantitative estimate of drug-likeness (QED) is 0.803. The largest absolute Gasteiger partial charge is 0.380 e. The van der Waals surface area contributed by atoms with Crippen LogP contribution < -0.4 is 10.6 Å². The molecule has 0 atom stereocenters. The number of hydrogen-bond acceptors (Lipinski definition) is 3. The smallest absolute Gasteiger partial charge is 0.0917 e. The lowest BCUT2D eigenvalue weighted by Crippen LogP contribution is -2.31. The Hall–Kier alpha value is -1.48. The van der Waals surface area contributed by atoms with Gasteiger partial charge in [-0.1, -0.05) is 45.5 Å². The van der Waals surface area contributed by atoms with Crippen LogP contribution in [0.5, 0.6) is 0 Å². The predicted octanol–water partition coefficient (Wildman–Crippen LogP) is 3.69. The van der Waals surface area contributed by atoms with E-state index < -0.39 is 0 Å². The van der Waals surface area contributed by atoms with E-state index in [1.165, 1.54) is 16.7 Å². The summed E-state index contributed by atoms with van der Waals surface area (Å²) in [4.78, 5) is 0. The van der Waals surface area contributed by atoms with Crippen molar-refractivity contribution >= 4 is 0 Å². The van der Waals surface area contributed by atoms with Gasteiger partial charge in [-0.15, -0.1) is 0 Å². The third-order valence-electron chi connectivity index (χ3n) is 3.24. The fourth-order valence-electron chi connectivity index (χ4n) is 2.38. The Morgan fingerprint density at radius 3 is 2.48 bits per heavy atom. The van der Waals surface area contributed by atoms with Gasteiger partial charge in [0, 0.05) is 19.7 Å². The van der Waals surface area contributed by atoms with Gasteiger partial charge in [0.25, 0.3) is 0 Å². The maximum Gasteiger partial charge on any atom is 0.0917 e. The Morgan fingerprint density at radius 2 is 1.95 bits per heavy atom. The minimum atomic E-state index is 0.120. The number of benzene rings is 1. The van der Waals surface area contributed by atoms with Crippen LogP contribution in [0.15, 0.2) is 30.6 Å². The van der Waals surface area contributed by atoms with E-state index in [-0.39, 0.29) is 5.41 Å². The van der Waals surface area contributed by atoms with Crippen molar-refractivity contribution in [3.63, 3.8) is 0 Å². The van der Waals surface area contributed by atoms with E-state index in [1.54, 1.807) is 7.11 Å². The molecular formula is C18H30N2O. The normalized spacial score (nSPS) is 11.6. The Bertz CT molecular complexity index is 473. The molecule has 21 heavy (non-hydrogen) atoms. The Kier molecular flexibility index (Phi) is 6.28. The second-order valence-corrected chi connectivity index (χ2v) is 6.81. The summed E-state index contributed by atoms with van der Waals surface area (Å²) in [7, 11) is 1.73. The van der Waals surface area contributed by atoms with E-state index in [0.29, 0.717) is 12.6 Å². The number of ether oxygens (including phenoxy) is 1. The molecule has 1 rings (SSSR count). The van der Waals surface area contributed by atoms with Crippen LogP contribution in [0.1, 0.15) is 51.3 Å². The van der Waals surface area contributed by atoms with E-state index in [2.05, 4.69) is 70.0 Å². The molecule has 1 aromatic carbocycles. The molecular weight excluding hydrogens is 260 g/mol. The monoisotopic (exact) mass is 290 g/mol. The first-order valence-electron chi connectivity index (χ1n) is 7.54. The molecule has 3 nitrogen and oxygen atoms in total. The maximum absolute atomic E-state index is 5.24. The van der Waals surface area contributed by atoms with Gasteiger partial charge < -0.3 is 15.4 Å². The van der Waals surface area contributed by atoms with Crippen LogP contribution in [0.2, 0.25) is 0 Å². The van der Waals surface area contributed by atoms with E-state index in [9.17, 15) is 0 Å². The zero-order valence-corrected chi connectivity index (χ0v) is 14.3. The molecule has 0 unspecified atom stereocenters. The van der Waals surface area contributed by atoms with Gasteiger partial charge in [0.1, 0.15) is 0 Å². The van der Waals surface area contributed by atoms with Gasteiger partial charge in [0.2, 0.25) is 0 Å². The maximum atomic E-state index is 5.24. The van der Waals surface area contributed by atoms with Crippen LogP contribution in [0.4, 0.5) is 0 Å². The van der Waals surface area contributed by atoms with Crippen LogP contribution in [0.25, 0.3) is 0 Å². The summed E-state index contributed by atoms with van der Waals surface area (Å²) < 4.78 is 5.24. The van der Waals surface area contributed by atoms with Crippen molar-refractivity contribution in [2.24, 2.45) is 0 Å². The van der Waals surface area contributed by atoms with Gasteiger partial charge in [-0.3, -0.25) is 0 Å². The van der Waals surface area contributed by atoms with Crippen LogP contribution >= 0.6 is 0 Å². The van der Waals surface area contributed by atoms with Gasteiger partial charge >= 0.3 is 0 Å². The highest BCUT2D eigenvalue weighted by Crippen LogP contribution is 2.27. The fourth-order valence-corrected chi connectivity index (χ4v) is 2.38. The molecule has 0 bridgehead atoms. The van der Waals surface area contributed by atoms with Crippen LogP contribution in [-0.2, 0) is 23.3 Å². The summed E-state index contributed by atoms with van der Waals surface area (Å²) in [6, 6.07) is 6.96. The van der Waals surface area contributed by atoms with Gasteiger partial charge in [-0.25, -0.2) is 0 Å². The van der Waals surface area contributed by atoms with Crippen molar-refractivity contribution in [2.45, 2.75) is 59.2 Å². The predicted molar refractivity (Wildman–Crippen MR) is 90.1 cm³/mol. The highest BCUT2D eigenvalue weighted by molar-refractivity contribution is 5.36. The highest BCUT2D eigenvalue weighted by atomic mass is 16.5. The SMILES string of the molecule is C=C(NCc1cc(COC)ccc1C(C)(C)C)NC(C)C. The third-order valence-corrected chi connectivity index (χ3v) is 3.24. The molecule has 0 amide bonds. The highest BCUT2D eigenvalue weighted by Gasteiger charge is 2.18. The Labute approximate surface area is 129 Å². The van der Waals surface area contributed by atoms with Crippen molar-refractivity contribution in [1.29, 1.82) is 0 Å². The standard InChI is InChI=1S/C18H30N2O/c1-13(2)20-14(3)19-11-16-10-15(12-21-7)8-9-17(16)18(4,5)6/h8-10,13,19-20H,3,11-12H2,1-2,4-7H3. The Balaban J connectivity index is 2.90. The first kappa shape index (κ1) is 17.6. The fraction of sp³-hybridized carbons (Fsp3) is 0.556. The molecule has 0 aliphatic heterocycles. The van der Waals surface area contributed by atoms with Gasteiger partial charge in [0.15, 0.2) is 0 Å². The first-order valence-corrected chi connectivity index (χ1v) is 7.54. The third kappa shape index (κ3) is 5.80. The molecule has 118 valence electrons. The number of methoxy groups -OCH3 is 1. The van der Waals surface area contributed by atoms with Crippen molar-refractivity contribution in [1.82, 2.24) is 10.6 Å². The lowest BCUT2D eigenvalue weighted by Gasteiger charge is -2.25. The average molecular weight is 290 g/mol. The van der Waals surface area contributed by atoms with Crippen LogP contribution in [0, 0.1) is 0 Å². The minimum Gasteiger partial charge on any atom is -0.380 e. The minimum absolute atomic E-state index is 0.120. The van der Waals surface area contributed by atoms with Crippen molar-refractivity contribution in [3.8, 4) is 0 Å². The molecule has 0 aromatic heterocycles. The molecule has 2 N–H and O–H groups in total. The molecule has 0 aliphatic carbocycles. The summed E-state index contributed by atoms with van der Waals surface area (Å²) in [5.74, 6) is 0.863. The zero-order chi connectivity index (χ0) is 16.0. The van der Waals surface area contributed by atoms with Crippen molar-refractivity contribution in [2.75, 3.05) is 7.11 Å². The summed E-state index contributed by atoms with van der Waals surface area (Å²) in [5, 5.41) is 6.65. The molecule has 1 aromatic rings. The number of rotatable bonds is 7. The molecule has 0 saturated carbocycles. The van der Waals surface area contributed by atoms with E-state index in [1.807, 2.05) is 0 Å². The lowest BCUT2D eigenvalue weighted by molar-refractivity contribution is 0.185. The molecule has 0 aliphatic rings. The molecule has 3 heteroatoms. The molecule has 0 spiro atoms. The summed E-state index contributed by atoms with van der Waals surface area (Å²) in [6.07, 6.45) is 0. The van der Waals surface area contributed by atoms with Crippen LogP contribution in [-0.4, -0.2) is 13.2 Å². The first-order chi connectivity index (χ1) is 9.74. The molecule has 0 heterocycles.